The molecule has 1 aromatic rings. The molecule has 102 valence electrons. The Balaban J connectivity index is 2.00. The summed E-state index contributed by atoms with van der Waals surface area (Å²) in [5, 5.41) is 6.99. The third-order valence-corrected chi connectivity index (χ3v) is 4.18. The number of hydrogen-bond donors (Lipinski definition) is 1. The summed E-state index contributed by atoms with van der Waals surface area (Å²) in [6.07, 6.45) is 5.39. The fraction of sp³-hybridized carbons (Fsp3) is 0.615. The summed E-state index contributed by atoms with van der Waals surface area (Å²) in [5.41, 5.74) is -0.0823. The van der Waals surface area contributed by atoms with Crippen LogP contribution in [-0.4, -0.2) is 33.2 Å². The van der Waals surface area contributed by atoms with E-state index in [-0.39, 0.29) is 17.7 Å². The molecular formula is C13H18N4O2. The van der Waals surface area contributed by atoms with Crippen molar-refractivity contribution in [1.82, 2.24) is 15.1 Å². The average Bonchev–Trinajstić information content (AvgIpc) is 3.12. The highest BCUT2D eigenvalue weighted by Gasteiger charge is 2.55. The van der Waals surface area contributed by atoms with E-state index in [1.807, 2.05) is 6.92 Å². The number of aromatic nitrogens is 2. The summed E-state index contributed by atoms with van der Waals surface area (Å²) in [4.78, 5) is 26.5. The Morgan fingerprint density at radius 1 is 1.42 bits per heavy atom. The number of rotatable bonds is 2. The van der Waals surface area contributed by atoms with Crippen molar-refractivity contribution in [1.29, 1.82) is 0 Å². The van der Waals surface area contributed by atoms with Crippen molar-refractivity contribution in [3.05, 3.63) is 12.4 Å². The number of hydrogen-bond acceptors (Lipinski definition) is 3. The maximum absolute atomic E-state index is 12.8. The maximum Gasteiger partial charge on any atom is 0.253 e. The number of nitrogens with one attached hydrogen (secondary N) is 1. The van der Waals surface area contributed by atoms with E-state index in [1.165, 1.54) is 0 Å². The van der Waals surface area contributed by atoms with Gasteiger partial charge in [0.25, 0.3) is 5.91 Å². The average molecular weight is 262 g/mol. The molecule has 1 aliphatic heterocycles. The lowest BCUT2D eigenvalue weighted by atomic mass is 9.89. The summed E-state index contributed by atoms with van der Waals surface area (Å²) in [6.45, 7) is 3.58. The first-order valence-electron chi connectivity index (χ1n) is 6.58. The summed E-state index contributed by atoms with van der Waals surface area (Å²) in [5.74, 6) is 0.128. The van der Waals surface area contributed by atoms with E-state index < -0.39 is 11.6 Å². The Hall–Kier alpha value is -1.85. The molecule has 2 fully saturated rings. The minimum Gasteiger partial charge on any atom is -0.340 e. The molecule has 1 aromatic heterocycles. The Bertz CT molecular complexity index is 549. The lowest BCUT2D eigenvalue weighted by Crippen LogP contribution is -2.69. The smallest absolute Gasteiger partial charge is 0.253 e. The Labute approximate surface area is 111 Å². The topological polar surface area (TPSA) is 67.2 Å². The minimum absolute atomic E-state index is 0.0323. The van der Waals surface area contributed by atoms with Crippen molar-refractivity contribution >= 4 is 17.5 Å². The number of amides is 2. The van der Waals surface area contributed by atoms with Gasteiger partial charge in [-0.1, -0.05) is 0 Å². The number of piperazine rings is 1. The molecule has 0 bridgehead atoms. The molecule has 2 amide bonds. The normalized spacial score (nSPS) is 31.5. The van der Waals surface area contributed by atoms with Crippen LogP contribution >= 0.6 is 0 Å². The monoisotopic (exact) mass is 262 g/mol. The predicted octanol–water partition coefficient (Wildman–Crippen LogP) is 0.440. The molecule has 19 heavy (non-hydrogen) atoms. The van der Waals surface area contributed by atoms with Crippen LogP contribution in [0.4, 0.5) is 5.69 Å². The Morgan fingerprint density at radius 3 is 2.63 bits per heavy atom. The zero-order chi connectivity index (χ0) is 13.8. The van der Waals surface area contributed by atoms with Gasteiger partial charge >= 0.3 is 0 Å². The van der Waals surface area contributed by atoms with Crippen LogP contribution in [0.1, 0.15) is 26.7 Å². The molecule has 2 heterocycles. The van der Waals surface area contributed by atoms with E-state index in [2.05, 4.69) is 10.4 Å². The van der Waals surface area contributed by atoms with Crippen molar-refractivity contribution in [3.63, 3.8) is 0 Å². The number of anilines is 1. The number of carbonyl (C=O) groups excluding carboxylic acids is 2. The predicted molar refractivity (Wildman–Crippen MR) is 69.4 cm³/mol. The first kappa shape index (κ1) is 12.2. The molecule has 6 nitrogen and oxygen atoms in total. The molecule has 0 aromatic carbocycles. The summed E-state index contributed by atoms with van der Waals surface area (Å²) in [7, 11) is 1.79. The largest absolute Gasteiger partial charge is 0.340 e. The van der Waals surface area contributed by atoms with Crippen LogP contribution in [0.25, 0.3) is 0 Å². The second-order valence-electron chi connectivity index (χ2n) is 5.69. The molecule has 1 aliphatic carbocycles. The van der Waals surface area contributed by atoms with Gasteiger partial charge in [0.1, 0.15) is 11.6 Å². The van der Waals surface area contributed by atoms with E-state index in [0.29, 0.717) is 5.69 Å². The number of carbonyl (C=O) groups is 2. The van der Waals surface area contributed by atoms with E-state index >= 15 is 0 Å². The van der Waals surface area contributed by atoms with Gasteiger partial charge in [-0.25, -0.2) is 0 Å². The van der Waals surface area contributed by atoms with E-state index in [1.54, 1.807) is 35.9 Å². The Morgan fingerprint density at radius 2 is 2.11 bits per heavy atom. The van der Waals surface area contributed by atoms with Crippen molar-refractivity contribution in [3.8, 4) is 0 Å². The first-order valence-corrected chi connectivity index (χ1v) is 6.58. The second-order valence-corrected chi connectivity index (χ2v) is 5.69. The SMILES string of the molecule is CC1C(=O)NC(C)(C2CC2)C(=O)N1c1cnn(C)c1. The molecule has 2 unspecified atom stereocenters. The van der Waals surface area contributed by atoms with Crippen molar-refractivity contribution in [2.75, 3.05) is 4.90 Å². The molecule has 2 aliphatic rings. The van der Waals surface area contributed by atoms with Gasteiger partial charge in [-0.3, -0.25) is 19.2 Å². The summed E-state index contributed by atoms with van der Waals surface area (Å²) >= 11 is 0. The van der Waals surface area contributed by atoms with E-state index in [4.69, 9.17) is 0 Å². The van der Waals surface area contributed by atoms with Gasteiger partial charge in [0.05, 0.1) is 11.9 Å². The molecule has 1 N–H and O–H groups in total. The van der Waals surface area contributed by atoms with Gasteiger partial charge in [0.15, 0.2) is 0 Å². The van der Waals surface area contributed by atoms with Crippen LogP contribution in [0.15, 0.2) is 12.4 Å². The van der Waals surface area contributed by atoms with E-state index in [0.717, 1.165) is 12.8 Å². The third kappa shape index (κ3) is 1.74. The lowest BCUT2D eigenvalue weighted by Gasteiger charge is -2.43. The molecule has 2 atom stereocenters. The van der Waals surface area contributed by atoms with Crippen LogP contribution in [0.2, 0.25) is 0 Å². The highest BCUT2D eigenvalue weighted by molar-refractivity contribution is 6.10. The van der Waals surface area contributed by atoms with Gasteiger partial charge in [-0.15, -0.1) is 0 Å². The fourth-order valence-electron chi connectivity index (χ4n) is 2.77. The molecule has 0 radical (unpaired) electrons. The quantitative estimate of drug-likeness (QED) is 0.841. The molecule has 3 rings (SSSR count). The zero-order valence-electron chi connectivity index (χ0n) is 11.4. The van der Waals surface area contributed by atoms with Crippen molar-refractivity contribution in [2.24, 2.45) is 13.0 Å². The van der Waals surface area contributed by atoms with Crippen LogP contribution in [0.3, 0.4) is 0 Å². The van der Waals surface area contributed by atoms with Gasteiger partial charge in [0, 0.05) is 13.2 Å². The zero-order valence-corrected chi connectivity index (χ0v) is 11.4. The Kier molecular flexibility index (Phi) is 2.45. The van der Waals surface area contributed by atoms with Gasteiger partial charge in [-0.2, -0.15) is 5.10 Å². The number of nitrogens with zero attached hydrogens (tertiary/aromatic N) is 3. The van der Waals surface area contributed by atoms with Crippen molar-refractivity contribution < 1.29 is 9.59 Å². The molecular weight excluding hydrogens is 244 g/mol. The molecule has 1 saturated carbocycles. The highest BCUT2D eigenvalue weighted by atomic mass is 16.2. The molecule has 0 spiro atoms. The van der Waals surface area contributed by atoms with Crippen LogP contribution < -0.4 is 10.2 Å². The summed E-state index contributed by atoms with van der Waals surface area (Å²) < 4.78 is 1.64. The van der Waals surface area contributed by atoms with Gasteiger partial charge < -0.3 is 5.32 Å². The van der Waals surface area contributed by atoms with Crippen molar-refractivity contribution in [2.45, 2.75) is 38.3 Å². The highest BCUT2D eigenvalue weighted by Crippen LogP contribution is 2.42. The second kappa shape index (κ2) is 3.82. The standard InChI is InChI=1S/C13H18N4O2/c1-8-11(18)15-13(2,9-4-5-9)12(19)17(8)10-6-14-16(3)7-10/h6-9H,4-5H2,1-3H3,(H,15,18). The first-order chi connectivity index (χ1) is 8.93. The number of aryl methyl sites for hydroxylation is 1. The molecule has 1 saturated heterocycles. The lowest BCUT2D eigenvalue weighted by molar-refractivity contribution is -0.138. The third-order valence-electron chi connectivity index (χ3n) is 4.18. The minimum atomic E-state index is -0.764. The summed E-state index contributed by atoms with van der Waals surface area (Å²) in [6, 6.07) is -0.497. The van der Waals surface area contributed by atoms with Crippen LogP contribution in [-0.2, 0) is 16.6 Å². The van der Waals surface area contributed by atoms with Crippen LogP contribution in [0, 0.1) is 5.92 Å². The fourth-order valence-corrected chi connectivity index (χ4v) is 2.77. The maximum atomic E-state index is 12.8. The van der Waals surface area contributed by atoms with Gasteiger partial charge in [0.2, 0.25) is 5.91 Å². The molecule has 6 heteroatoms. The van der Waals surface area contributed by atoms with E-state index in [9.17, 15) is 9.59 Å². The van der Waals surface area contributed by atoms with Crippen LogP contribution in [0.5, 0.6) is 0 Å². The van der Waals surface area contributed by atoms with Gasteiger partial charge in [-0.05, 0) is 32.6 Å².